The maximum absolute atomic E-state index is 10.1. The third-order valence-electron chi connectivity index (χ3n) is 8.47. The quantitative estimate of drug-likeness (QED) is 0.494. The van der Waals surface area contributed by atoms with E-state index in [1.165, 1.54) is 51.4 Å². The molecule has 6 atom stereocenters. The zero-order chi connectivity index (χ0) is 21.2. The van der Waals surface area contributed by atoms with Crippen molar-refractivity contribution in [1.29, 1.82) is 0 Å². The van der Waals surface area contributed by atoms with Gasteiger partial charge in [-0.3, -0.25) is 0 Å². The van der Waals surface area contributed by atoms with E-state index in [-0.39, 0.29) is 0 Å². The van der Waals surface area contributed by atoms with Gasteiger partial charge >= 0.3 is 0 Å². The van der Waals surface area contributed by atoms with E-state index in [4.69, 9.17) is 0 Å². The number of aliphatic hydroxyl groups excluding tert-OH is 2. The molecule has 3 aliphatic carbocycles. The zero-order valence-electron chi connectivity index (χ0n) is 19.3. The predicted octanol–water partition coefficient (Wildman–Crippen LogP) is 6.59. The summed E-state index contributed by atoms with van der Waals surface area (Å²) in [5.74, 6) is 3.23. The number of allylic oxidation sites excluding steroid dienone is 3. The van der Waals surface area contributed by atoms with E-state index in [1.807, 2.05) is 0 Å². The fourth-order valence-electron chi connectivity index (χ4n) is 6.69. The molecule has 2 nitrogen and oxygen atoms in total. The largest absolute Gasteiger partial charge is 0.388 e. The number of aliphatic hydroxyl groups is 2. The first-order valence-electron chi connectivity index (χ1n) is 12.2. The van der Waals surface area contributed by atoms with Crippen LogP contribution < -0.4 is 0 Å². The Bertz CT molecular complexity index is 627. The normalized spacial score (nSPS) is 37.8. The van der Waals surface area contributed by atoms with Crippen LogP contribution in [0.5, 0.6) is 0 Å². The Hall–Kier alpha value is -0.860. The lowest BCUT2D eigenvalue weighted by atomic mass is 9.60. The summed E-state index contributed by atoms with van der Waals surface area (Å²) in [6, 6.07) is 0. The second-order valence-corrected chi connectivity index (χ2v) is 11.0. The minimum Gasteiger partial charge on any atom is -0.388 e. The minimum absolute atomic E-state index is 0.458. The molecule has 3 fully saturated rings. The monoisotopic (exact) mass is 400 g/mol. The standard InChI is InChI=1S/C27H44O2/c1-18(2)8-6-9-19(3)23-13-14-24-22(10-7-15-27(23,24)5)12-11-21-16-25(28)20(4)26(29)17-21/h11-12,18-19,23-26,28-29H,4,6-10,13-17H2,1-3,5H3/b22-12+/t19-,23?,24-,25+,26+,27+/m0/s1. The molecule has 0 amide bonds. The van der Waals surface area contributed by atoms with Crippen molar-refractivity contribution in [2.75, 3.05) is 0 Å². The summed E-state index contributed by atoms with van der Waals surface area (Å²) in [5, 5.41) is 20.3. The van der Waals surface area contributed by atoms with Crippen LogP contribution in [0.3, 0.4) is 0 Å². The minimum atomic E-state index is -0.595. The fraction of sp³-hybridized carbons (Fsp3) is 0.778. The first-order chi connectivity index (χ1) is 13.7. The van der Waals surface area contributed by atoms with Crippen LogP contribution >= 0.6 is 0 Å². The van der Waals surface area contributed by atoms with Crippen LogP contribution in [0.4, 0.5) is 0 Å². The van der Waals surface area contributed by atoms with Gasteiger partial charge in [-0.2, -0.15) is 0 Å². The summed E-state index contributed by atoms with van der Waals surface area (Å²) in [6.07, 6.45) is 15.4. The molecule has 0 radical (unpaired) electrons. The molecular formula is C27H44O2. The van der Waals surface area contributed by atoms with Gasteiger partial charge in [0, 0.05) is 0 Å². The third kappa shape index (κ3) is 5.07. The lowest BCUT2D eigenvalue weighted by molar-refractivity contribution is 0.0928. The van der Waals surface area contributed by atoms with Crippen molar-refractivity contribution in [1.82, 2.24) is 0 Å². The zero-order valence-corrected chi connectivity index (χ0v) is 19.3. The Kier molecular flexibility index (Phi) is 7.49. The van der Waals surface area contributed by atoms with E-state index >= 15 is 0 Å². The molecule has 1 unspecified atom stereocenters. The molecule has 3 saturated carbocycles. The molecule has 0 aliphatic heterocycles. The highest BCUT2D eigenvalue weighted by Gasteiger charge is 2.50. The van der Waals surface area contributed by atoms with Gasteiger partial charge in [-0.1, -0.05) is 76.8 Å². The van der Waals surface area contributed by atoms with Crippen LogP contribution in [0.2, 0.25) is 0 Å². The SMILES string of the molecule is C=C1[C@H](O)CC(=C/C=C2\CCC[C@]3(C)C([C@@H](C)CCCC(C)C)CC[C@@H]23)C[C@H]1O. The summed E-state index contributed by atoms with van der Waals surface area (Å²) in [7, 11) is 0. The van der Waals surface area contributed by atoms with Gasteiger partial charge < -0.3 is 10.2 Å². The van der Waals surface area contributed by atoms with Crippen LogP contribution in [-0.4, -0.2) is 22.4 Å². The van der Waals surface area contributed by atoms with E-state index in [0.29, 0.717) is 23.8 Å². The molecule has 0 spiro atoms. The van der Waals surface area contributed by atoms with E-state index in [1.54, 1.807) is 5.57 Å². The van der Waals surface area contributed by atoms with Crippen LogP contribution in [0.25, 0.3) is 0 Å². The van der Waals surface area contributed by atoms with Crippen molar-refractivity contribution in [2.45, 2.75) is 104 Å². The molecule has 3 rings (SSSR count). The molecule has 2 N–H and O–H groups in total. The summed E-state index contributed by atoms with van der Waals surface area (Å²) in [4.78, 5) is 0. The Labute approximate surface area is 179 Å². The van der Waals surface area contributed by atoms with E-state index in [2.05, 4.69) is 46.4 Å². The highest BCUT2D eigenvalue weighted by Crippen LogP contribution is 2.59. The van der Waals surface area contributed by atoms with Gasteiger partial charge in [0.1, 0.15) is 0 Å². The van der Waals surface area contributed by atoms with Crippen LogP contribution in [0.15, 0.2) is 35.5 Å². The second-order valence-electron chi connectivity index (χ2n) is 11.0. The maximum Gasteiger partial charge on any atom is 0.0809 e. The first-order valence-corrected chi connectivity index (χ1v) is 12.2. The first kappa shape index (κ1) is 22.8. The summed E-state index contributed by atoms with van der Waals surface area (Å²) in [6.45, 7) is 13.6. The molecule has 0 aromatic rings. The molecule has 164 valence electrons. The lowest BCUT2D eigenvalue weighted by Gasteiger charge is -2.44. The predicted molar refractivity (Wildman–Crippen MR) is 123 cm³/mol. The molecular weight excluding hydrogens is 356 g/mol. The van der Waals surface area contributed by atoms with Crippen molar-refractivity contribution in [3.8, 4) is 0 Å². The molecule has 29 heavy (non-hydrogen) atoms. The van der Waals surface area contributed by atoms with Gasteiger partial charge in [-0.05, 0) is 79.6 Å². The fourth-order valence-corrected chi connectivity index (χ4v) is 6.69. The number of fused-ring (bicyclic) bond motifs is 1. The summed E-state index contributed by atoms with van der Waals surface area (Å²) >= 11 is 0. The Morgan fingerprint density at radius 2 is 1.76 bits per heavy atom. The van der Waals surface area contributed by atoms with Crippen LogP contribution in [0, 0.1) is 29.1 Å². The Balaban J connectivity index is 1.68. The van der Waals surface area contributed by atoms with Crippen molar-refractivity contribution in [3.05, 3.63) is 35.5 Å². The second kappa shape index (κ2) is 9.52. The molecule has 0 aromatic heterocycles. The van der Waals surface area contributed by atoms with E-state index < -0.39 is 12.2 Å². The molecule has 3 aliphatic rings. The van der Waals surface area contributed by atoms with Gasteiger partial charge in [0.15, 0.2) is 0 Å². The highest BCUT2D eigenvalue weighted by molar-refractivity contribution is 5.29. The molecule has 0 saturated heterocycles. The summed E-state index contributed by atoms with van der Waals surface area (Å²) < 4.78 is 0. The highest BCUT2D eigenvalue weighted by atomic mass is 16.3. The topological polar surface area (TPSA) is 40.5 Å². The van der Waals surface area contributed by atoms with Gasteiger partial charge in [0.25, 0.3) is 0 Å². The van der Waals surface area contributed by atoms with E-state index in [9.17, 15) is 10.2 Å². The van der Waals surface area contributed by atoms with Crippen molar-refractivity contribution in [2.24, 2.45) is 29.1 Å². The number of hydrogen-bond acceptors (Lipinski definition) is 2. The summed E-state index contributed by atoms with van der Waals surface area (Å²) in [5.41, 5.74) is 3.81. The van der Waals surface area contributed by atoms with Gasteiger partial charge in [0.2, 0.25) is 0 Å². The smallest absolute Gasteiger partial charge is 0.0809 e. The molecule has 0 bridgehead atoms. The Morgan fingerprint density at radius 3 is 2.41 bits per heavy atom. The van der Waals surface area contributed by atoms with Gasteiger partial charge in [-0.25, -0.2) is 0 Å². The Morgan fingerprint density at radius 1 is 1.07 bits per heavy atom. The average Bonchev–Trinajstić information content (AvgIpc) is 3.01. The number of hydrogen-bond donors (Lipinski definition) is 2. The third-order valence-corrected chi connectivity index (χ3v) is 8.47. The van der Waals surface area contributed by atoms with E-state index in [0.717, 1.165) is 29.2 Å². The van der Waals surface area contributed by atoms with Crippen LogP contribution in [0.1, 0.15) is 91.9 Å². The molecule has 0 aromatic carbocycles. The lowest BCUT2D eigenvalue weighted by Crippen LogP contribution is -2.36. The van der Waals surface area contributed by atoms with Crippen molar-refractivity contribution < 1.29 is 10.2 Å². The average molecular weight is 401 g/mol. The van der Waals surface area contributed by atoms with Crippen LogP contribution in [-0.2, 0) is 0 Å². The maximum atomic E-state index is 10.1. The molecule has 0 heterocycles. The molecule has 2 heteroatoms. The number of rotatable bonds is 6. The van der Waals surface area contributed by atoms with Crippen molar-refractivity contribution in [3.63, 3.8) is 0 Å². The van der Waals surface area contributed by atoms with Gasteiger partial charge in [-0.15, -0.1) is 0 Å². The van der Waals surface area contributed by atoms with Crippen molar-refractivity contribution >= 4 is 0 Å². The van der Waals surface area contributed by atoms with Gasteiger partial charge in [0.05, 0.1) is 12.2 Å².